The molecule has 0 fully saturated rings. The van der Waals surface area contributed by atoms with E-state index in [0.717, 1.165) is 11.3 Å². The average Bonchev–Trinajstić information content (AvgIpc) is 3.35. The molecule has 0 aliphatic carbocycles. The number of oxazole rings is 1. The van der Waals surface area contributed by atoms with E-state index in [1.54, 1.807) is 33.1 Å². The Hall–Kier alpha value is -3.58. The van der Waals surface area contributed by atoms with E-state index in [1.807, 2.05) is 36.4 Å². The Morgan fingerprint density at radius 3 is 2.58 bits per heavy atom. The number of halogens is 1. The van der Waals surface area contributed by atoms with E-state index in [1.165, 1.54) is 0 Å². The van der Waals surface area contributed by atoms with Crippen LogP contribution in [-0.4, -0.2) is 23.2 Å². The summed E-state index contributed by atoms with van der Waals surface area (Å²) in [5.74, 6) is 1.85. The van der Waals surface area contributed by atoms with Crippen molar-refractivity contribution in [1.82, 2.24) is 15.5 Å². The monoisotopic (exact) mass is 437 g/mol. The van der Waals surface area contributed by atoms with Crippen LogP contribution < -0.4 is 10.1 Å². The Kier molecular flexibility index (Phi) is 5.77. The number of hydrogen-bond acceptors (Lipinski definition) is 6. The fraction of sp³-hybridized carbons (Fsp3) is 0.174. The van der Waals surface area contributed by atoms with Gasteiger partial charge in [0, 0.05) is 11.1 Å². The van der Waals surface area contributed by atoms with Crippen molar-refractivity contribution in [2.75, 3.05) is 7.11 Å². The molecule has 1 N–H and O–H groups in total. The van der Waals surface area contributed by atoms with E-state index in [-0.39, 0.29) is 12.5 Å². The van der Waals surface area contributed by atoms with Gasteiger partial charge in [-0.2, -0.15) is 0 Å². The minimum atomic E-state index is -0.331. The third-order valence-corrected chi connectivity index (χ3v) is 5.18. The molecule has 2 aromatic heterocycles. The summed E-state index contributed by atoms with van der Waals surface area (Å²) in [6.07, 6.45) is 0. The first-order chi connectivity index (χ1) is 15.0. The second-order valence-corrected chi connectivity index (χ2v) is 7.29. The van der Waals surface area contributed by atoms with Gasteiger partial charge >= 0.3 is 0 Å². The molecule has 0 aliphatic rings. The minimum absolute atomic E-state index is 0.191. The van der Waals surface area contributed by atoms with Crippen molar-refractivity contribution in [3.05, 3.63) is 76.3 Å². The summed E-state index contributed by atoms with van der Waals surface area (Å²) in [6, 6.07) is 14.5. The first kappa shape index (κ1) is 20.7. The number of carbonyl (C=O) groups excluding carboxylic acids is 1. The summed E-state index contributed by atoms with van der Waals surface area (Å²) in [5, 5.41) is 7.29. The Morgan fingerprint density at radius 2 is 1.87 bits per heavy atom. The van der Waals surface area contributed by atoms with Gasteiger partial charge in [-0.1, -0.05) is 28.9 Å². The van der Waals surface area contributed by atoms with E-state index in [2.05, 4.69) is 15.5 Å². The molecule has 1 amide bonds. The lowest BCUT2D eigenvalue weighted by Crippen LogP contribution is -2.24. The molecule has 0 atom stereocenters. The molecular weight excluding hydrogens is 418 g/mol. The van der Waals surface area contributed by atoms with Crippen LogP contribution in [0.2, 0.25) is 5.02 Å². The molecule has 0 spiro atoms. The molecule has 0 unspecified atom stereocenters. The highest BCUT2D eigenvalue weighted by Crippen LogP contribution is 2.32. The smallest absolute Gasteiger partial charge is 0.257 e. The number of amides is 1. The number of carbonyl (C=O) groups is 1. The van der Waals surface area contributed by atoms with Gasteiger partial charge in [-0.3, -0.25) is 4.79 Å². The van der Waals surface area contributed by atoms with E-state index in [4.69, 9.17) is 25.3 Å². The van der Waals surface area contributed by atoms with Gasteiger partial charge in [-0.25, -0.2) is 4.98 Å². The highest BCUT2D eigenvalue weighted by molar-refractivity contribution is 6.33. The SMILES string of the molecule is COc1ccc(-c2nc(CNC(=O)c3c(C)noc3-c3ccccc3Cl)c(C)o2)cc1. The lowest BCUT2D eigenvalue weighted by Gasteiger charge is -2.05. The van der Waals surface area contributed by atoms with Crippen LogP contribution in [0.5, 0.6) is 5.75 Å². The maximum absolute atomic E-state index is 12.9. The van der Waals surface area contributed by atoms with Crippen molar-refractivity contribution in [2.24, 2.45) is 0 Å². The van der Waals surface area contributed by atoms with Gasteiger partial charge in [0.1, 0.15) is 22.8 Å². The lowest BCUT2D eigenvalue weighted by molar-refractivity contribution is 0.0950. The van der Waals surface area contributed by atoms with Crippen LogP contribution >= 0.6 is 11.6 Å². The van der Waals surface area contributed by atoms with Gasteiger partial charge in [-0.15, -0.1) is 0 Å². The predicted octanol–water partition coefficient (Wildman–Crippen LogP) is 5.21. The molecule has 0 saturated carbocycles. The first-order valence-electron chi connectivity index (χ1n) is 9.58. The maximum Gasteiger partial charge on any atom is 0.257 e. The van der Waals surface area contributed by atoms with Gasteiger partial charge in [0.05, 0.1) is 24.4 Å². The predicted molar refractivity (Wildman–Crippen MR) is 116 cm³/mol. The summed E-state index contributed by atoms with van der Waals surface area (Å²) in [5.41, 5.74) is 2.87. The molecule has 4 rings (SSSR count). The van der Waals surface area contributed by atoms with Crippen LogP contribution in [0.25, 0.3) is 22.8 Å². The molecule has 8 heteroatoms. The van der Waals surface area contributed by atoms with E-state index >= 15 is 0 Å². The lowest BCUT2D eigenvalue weighted by atomic mass is 10.1. The molecule has 31 heavy (non-hydrogen) atoms. The van der Waals surface area contributed by atoms with E-state index in [0.29, 0.717) is 44.9 Å². The van der Waals surface area contributed by atoms with Crippen molar-refractivity contribution in [1.29, 1.82) is 0 Å². The van der Waals surface area contributed by atoms with Crippen LogP contribution in [0.3, 0.4) is 0 Å². The van der Waals surface area contributed by atoms with Crippen LogP contribution in [-0.2, 0) is 6.54 Å². The molecular formula is C23H20ClN3O4. The molecule has 0 aliphatic heterocycles. The number of ether oxygens (including phenoxy) is 1. The number of aryl methyl sites for hydroxylation is 2. The summed E-state index contributed by atoms with van der Waals surface area (Å²) in [4.78, 5) is 17.5. The number of benzene rings is 2. The number of hydrogen-bond donors (Lipinski definition) is 1. The molecule has 0 bridgehead atoms. The fourth-order valence-corrected chi connectivity index (χ4v) is 3.39. The van der Waals surface area contributed by atoms with Crippen LogP contribution in [0.1, 0.15) is 27.5 Å². The highest BCUT2D eigenvalue weighted by Gasteiger charge is 2.23. The van der Waals surface area contributed by atoms with Crippen LogP contribution in [0, 0.1) is 13.8 Å². The zero-order valence-electron chi connectivity index (χ0n) is 17.2. The fourth-order valence-electron chi connectivity index (χ4n) is 3.17. The summed E-state index contributed by atoms with van der Waals surface area (Å²) >= 11 is 6.27. The molecule has 2 heterocycles. The van der Waals surface area contributed by atoms with Crippen LogP contribution in [0.15, 0.2) is 57.5 Å². The maximum atomic E-state index is 12.9. The van der Waals surface area contributed by atoms with Crippen molar-refractivity contribution in [2.45, 2.75) is 20.4 Å². The first-order valence-corrected chi connectivity index (χ1v) is 9.96. The number of methoxy groups -OCH3 is 1. The molecule has 0 saturated heterocycles. The molecule has 4 aromatic rings. The standard InChI is InChI=1S/C23H20ClN3O4/c1-13-20(21(31-27-13)17-6-4-5-7-18(17)24)22(28)25-12-19-14(2)30-23(26-19)15-8-10-16(29-3)11-9-15/h4-11H,12H2,1-3H3,(H,25,28). The Labute approximate surface area is 184 Å². The number of aromatic nitrogens is 2. The summed E-state index contributed by atoms with van der Waals surface area (Å²) in [7, 11) is 1.61. The number of nitrogens with one attached hydrogen (secondary N) is 1. The van der Waals surface area contributed by atoms with E-state index in [9.17, 15) is 4.79 Å². The zero-order chi connectivity index (χ0) is 22.0. The summed E-state index contributed by atoms with van der Waals surface area (Å²) < 4.78 is 16.4. The van der Waals surface area contributed by atoms with Gasteiger partial charge in [-0.05, 0) is 50.2 Å². The molecule has 0 radical (unpaired) electrons. The average molecular weight is 438 g/mol. The summed E-state index contributed by atoms with van der Waals surface area (Å²) in [6.45, 7) is 3.71. The quantitative estimate of drug-likeness (QED) is 0.445. The van der Waals surface area contributed by atoms with Gasteiger partial charge in [0.25, 0.3) is 5.91 Å². The highest BCUT2D eigenvalue weighted by atomic mass is 35.5. The second kappa shape index (κ2) is 8.65. The van der Waals surface area contributed by atoms with Crippen molar-refractivity contribution in [3.8, 4) is 28.5 Å². The Balaban J connectivity index is 1.53. The van der Waals surface area contributed by atoms with Crippen molar-refractivity contribution >= 4 is 17.5 Å². The van der Waals surface area contributed by atoms with Crippen molar-refractivity contribution < 1.29 is 18.5 Å². The Morgan fingerprint density at radius 1 is 1.13 bits per heavy atom. The third-order valence-electron chi connectivity index (χ3n) is 4.85. The van der Waals surface area contributed by atoms with Gasteiger partial charge < -0.3 is 19.0 Å². The topological polar surface area (TPSA) is 90.4 Å². The zero-order valence-corrected chi connectivity index (χ0v) is 18.0. The number of nitrogens with zero attached hydrogens (tertiary/aromatic N) is 2. The second-order valence-electron chi connectivity index (χ2n) is 6.89. The number of rotatable bonds is 6. The van der Waals surface area contributed by atoms with Crippen LogP contribution in [0.4, 0.5) is 0 Å². The molecule has 2 aromatic carbocycles. The largest absolute Gasteiger partial charge is 0.497 e. The van der Waals surface area contributed by atoms with Gasteiger partial charge in [0.15, 0.2) is 5.76 Å². The third kappa shape index (κ3) is 4.18. The molecule has 7 nitrogen and oxygen atoms in total. The van der Waals surface area contributed by atoms with E-state index < -0.39 is 0 Å². The molecule has 158 valence electrons. The van der Waals surface area contributed by atoms with Gasteiger partial charge in [0.2, 0.25) is 5.89 Å². The minimum Gasteiger partial charge on any atom is -0.497 e. The Bertz CT molecular complexity index is 1230. The van der Waals surface area contributed by atoms with Crippen molar-refractivity contribution in [3.63, 3.8) is 0 Å². The normalized spacial score (nSPS) is 10.8.